The third-order valence-electron chi connectivity index (χ3n) is 2.16. The maximum absolute atomic E-state index is 9.15. The summed E-state index contributed by atoms with van der Waals surface area (Å²) in [5.74, 6) is 0.239. The van der Waals surface area contributed by atoms with E-state index in [-0.39, 0.29) is 5.75 Å². The minimum Gasteiger partial charge on any atom is -0.508 e. The standard InChI is InChI=1S/C10H7N4O/c15-8-3-1-7(2-4-8)14-5-9-10(13-14)12-6-11-9/h1-5,15H,(H,11,12,13). The van der Waals surface area contributed by atoms with Gasteiger partial charge in [0.1, 0.15) is 11.3 Å². The molecule has 2 aromatic heterocycles. The summed E-state index contributed by atoms with van der Waals surface area (Å²) in [4.78, 5) is 6.77. The van der Waals surface area contributed by atoms with Crippen LogP contribution >= 0.6 is 0 Å². The van der Waals surface area contributed by atoms with E-state index in [1.54, 1.807) is 28.9 Å². The van der Waals surface area contributed by atoms with E-state index in [1.807, 2.05) is 6.20 Å². The Kier molecular flexibility index (Phi) is 1.53. The minimum absolute atomic E-state index is 0.239. The number of nitrogens with one attached hydrogen (secondary N) is 1. The Morgan fingerprint density at radius 1 is 1.27 bits per heavy atom. The quantitative estimate of drug-likeness (QED) is 0.619. The molecule has 0 aliphatic carbocycles. The number of imidazole rings is 1. The van der Waals surface area contributed by atoms with Crippen LogP contribution in [0.2, 0.25) is 0 Å². The highest BCUT2D eigenvalue weighted by Gasteiger charge is 2.03. The van der Waals surface area contributed by atoms with Crippen molar-refractivity contribution >= 4 is 11.2 Å². The highest BCUT2D eigenvalue weighted by atomic mass is 16.3. The van der Waals surface area contributed by atoms with Gasteiger partial charge in [0.05, 0.1) is 11.9 Å². The van der Waals surface area contributed by atoms with Gasteiger partial charge in [0, 0.05) is 0 Å². The molecule has 5 heteroatoms. The molecule has 5 nitrogen and oxygen atoms in total. The highest BCUT2D eigenvalue weighted by Crippen LogP contribution is 2.15. The summed E-state index contributed by atoms with van der Waals surface area (Å²) in [6.45, 7) is 0. The van der Waals surface area contributed by atoms with Crippen LogP contribution in [-0.2, 0) is 0 Å². The Morgan fingerprint density at radius 3 is 2.80 bits per heavy atom. The lowest BCUT2D eigenvalue weighted by molar-refractivity contribution is 0.475. The molecule has 0 fully saturated rings. The SMILES string of the molecule is Oc1ccc(-n2cc3[nH][c]nc3n2)cc1. The third-order valence-corrected chi connectivity index (χ3v) is 2.16. The Bertz CT molecular complexity index is 565. The molecule has 2 N–H and O–H groups in total. The molecule has 0 saturated carbocycles. The van der Waals surface area contributed by atoms with E-state index in [9.17, 15) is 0 Å². The molecule has 1 aromatic carbocycles. The first kappa shape index (κ1) is 8.05. The van der Waals surface area contributed by atoms with Gasteiger partial charge in [0.15, 0.2) is 12.0 Å². The molecule has 3 aromatic rings. The number of hydrogen-bond acceptors (Lipinski definition) is 3. The van der Waals surface area contributed by atoms with Crippen molar-refractivity contribution < 1.29 is 5.11 Å². The maximum atomic E-state index is 9.15. The summed E-state index contributed by atoms with van der Waals surface area (Å²) in [6, 6.07) is 6.80. The Hall–Kier alpha value is -2.30. The number of aromatic hydroxyl groups is 1. The first-order valence-corrected chi connectivity index (χ1v) is 4.44. The first-order valence-electron chi connectivity index (χ1n) is 4.44. The molecule has 0 bridgehead atoms. The predicted molar refractivity (Wildman–Crippen MR) is 53.7 cm³/mol. The Morgan fingerprint density at radius 2 is 2.07 bits per heavy atom. The number of nitrogens with zero attached hydrogens (tertiary/aromatic N) is 3. The van der Waals surface area contributed by atoms with E-state index in [1.165, 1.54) is 0 Å². The number of fused-ring (bicyclic) bond motifs is 1. The number of aromatic amines is 1. The van der Waals surface area contributed by atoms with Crippen LogP contribution in [0.3, 0.4) is 0 Å². The summed E-state index contributed by atoms with van der Waals surface area (Å²) in [5, 5.41) is 13.4. The molecule has 0 aliphatic rings. The molecule has 15 heavy (non-hydrogen) atoms. The van der Waals surface area contributed by atoms with Gasteiger partial charge >= 0.3 is 0 Å². The van der Waals surface area contributed by atoms with Gasteiger partial charge < -0.3 is 10.1 Å². The molecule has 73 valence electrons. The van der Waals surface area contributed by atoms with Crippen LogP contribution in [0.25, 0.3) is 16.9 Å². The fraction of sp³-hybridized carbons (Fsp3) is 0. The zero-order valence-electron chi connectivity index (χ0n) is 7.68. The topological polar surface area (TPSA) is 66.7 Å². The number of aromatic nitrogens is 4. The van der Waals surface area contributed by atoms with Gasteiger partial charge in [-0.2, -0.15) is 0 Å². The van der Waals surface area contributed by atoms with Crippen LogP contribution in [0.1, 0.15) is 0 Å². The van der Waals surface area contributed by atoms with Crippen molar-refractivity contribution in [2.24, 2.45) is 0 Å². The number of rotatable bonds is 1. The van der Waals surface area contributed by atoms with Gasteiger partial charge in [0.2, 0.25) is 0 Å². The molecular weight excluding hydrogens is 192 g/mol. The van der Waals surface area contributed by atoms with Crippen LogP contribution in [-0.4, -0.2) is 24.9 Å². The van der Waals surface area contributed by atoms with E-state index in [0.717, 1.165) is 11.2 Å². The Labute approximate surface area is 85.0 Å². The van der Waals surface area contributed by atoms with Gasteiger partial charge in [-0.05, 0) is 24.3 Å². The van der Waals surface area contributed by atoms with Crippen molar-refractivity contribution in [3.63, 3.8) is 0 Å². The molecule has 0 saturated heterocycles. The van der Waals surface area contributed by atoms with Crippen LogP contribution < -0.4 is 0 Å². The molecular formula is C10H7N4O. The summed E-state index contributed by atoms with van der Waals surface area (Å²) in [7, 11) is 0. The Balaban J connectivity index is 2.13. The van der Waals surface area contributed by atoms with Crippen molar-refractivity contribution in [1.82, 2.24) is 19.7 Å². The van der Waals surface area contributed by atoms with Crippen LogP contribution in [0.5, 0.6) is 5.75 Å². The minimum atomic E-state index is 0.239. The van der Waals surface area contributed by atoms with E-state index in [2.05, 4.69) is 21.4 Å². The van der Waals surface area contributed by atoms with Gasteiger partial charge in [-0.1, -0.05) is 0 Å². The maximum Gasteiger partial charge on any atom is 0.200 e. The van der Waals surface area contributed by atoms with E-state index < -0.39 is 0 Å². The summed E-state index contributed by atoms with van der Waals surface area (Å²) >= 11 is 0. The van der Waals surface area contributed by atoms with Crippen molar-refractivity contribution in [3.8, 4) is 11.4 Å². The molecule has 0 amide bonds. The summed E-state index contributed by atoms with van der Waals surface area (Å²) in [6.07, 6.45) is 4.44. The van der Waals surface area contributed by atoms with Crippen molar-refractivity contribution in [3.05, 3.63) is 36.8 Å². The van der Waals surface area contributed by atoms with Crippen molar-refractivity contribution in [2.45, 2.75) is 0 Å². The summed E-state index contributed by atoms with van der Waals surface area (Å²) in [5.41, 5.74) is 2.34. The first-order chi connectivity index (χ1) is 7.33. The molecule has 3 rings (SSSR count). The largest absolute Gasteiger partial charge is 0.508 e. The smallest absolute Gasteiger partial charge is 0.200 e. The number of phenols is 1. The van der Waals surface area contributed by atoms with Gasteiger partial charge in [-0.3, -0.25) is 0 Å². The normalized spacial score (nSPS) is 10.9. The molecule has 0 spiro atoms. The molecule has 0 atom stereocenters. The number of phenolic OH excluding ortho intramolecular Hbond substituents is 1. The third kappa shape index (κ3) is 1.25. The van der Waals surface area contributed by atoms with Crippen LogP contribution in [0.4, 0.5) is 0 Å². The van der Waals surface area contributed by atoms with E-state index in [4.69, 9.17) is 5.11 Å². The summed E-state index contributed by atoms with van der Waals surface area (Å²) < 4.78 is 1.70. The zero-order chi connectivity index (χ0) is 10.3. The second-order valence-corrected chi connectivity index (χ2v) is 3.18. The average Bonchev–Trinajstić information content (AvgIpc) is 2.78. The van der Waals surface area contributed by atoms with Crippen LogP contribution in [0.15, 0.2) is 30.5 Å². The van der Waals surface area contributed by atoms with Crippen molar-refractivity contribution in [2.75, 3.05) is 0 Å². The van der Waals surface area contributed by atoms with Gasteiger partial charge in [-0.25, -0.2) is 9.67 Å². The number of H-pyrrole nitrogens is 1. The van der Waals surface area contributed by atoms with E-state index >= 15 is 0 Å². The van der Waals surface area contributed by atoms with Crippen LogP contribution in [0, 0.1) is 6.33 Å². The lowest BCUT2D eigenvalue weighted by atomic mass is 10.3. The average molecular weight is 199 g/mol. The van der Waals surface area contributed by atoms with Gasteiger partial charge in [-0.15, -0.1) is 5.10 Å². The predicted octanol–water partition coefficient (Wildman–Crippen LogP) is 1.25. The lowest BCUT2D eigenvalue weighted by Crippen LogP contribution is -1.93. The second kappa shape index (κ2) is 2.84. The molecule has 0 aliphatic heterocycles. The molecule has 2 heterocycles. The van der Waals surface area contributed by atoms with E-state index in [0.29, 0.717) is 5.65 Å². The van der Waals surface area contributed by atoms with Gasteiger partial charge in [0.25, 0.3) is 0 Å². The molecule has 1 radical (unpaired) electrons. The fourth-order valence-corrected chi connectivity index (χ4v) is 1.41. The second-order valence-electron chi connectivity index (χ2n) is 3.18. The molecule has 0 unspecified atom stereocenters. The number of benzene rings is 1. The zero-order valence-corrected chi connectivity index (χ0v) is 7.68. The highest BCUT2D eigenvalue weighted by molar-refractivity contribution is 5.69. The van der Waals surface area contributed by atoms with Crippen molar-refractivity contribution in [1.29, 1.82) is 0 Å². The number of hydrogen-bond donors (Lipinski definition) is 2. The monoisotopic (exact) mass is 199 g/mol. The lowest BCUT2D eigenvalue weighted by Gasteiger charge is -1.99. The fourth-order valence-electron chi connectivity index (χ4n) is 1.41.